The van der Waals surface area contributed by atoms with E-state index < -0.39 is 0 Å². The first-order chi connectivity index (χ1) is 8.75. The average molecular weight is 261 g/mol. The van der Waals surface area contributed by atoms with Crippen molar-refractivity contribution in [3.63, 3.8) is 0 Å². The van der Waals surface area contributed by atoms with Gasteiger partial charge in [-0.15, -0.1) is 0 Å². The lowest BCUT2D eigenvalue weighted by molar-refractivity contribution is -0.0520. The SMILES string of the molecule is CNC1CC(Oc2ccc(C(C)(C)C)cc2)C1(C)C. The summed E-state index contributed by atoms with van der Waals surface area (Å²) in [6.45, 7) is 11.2. The molecule has 0 radical (unpaired) electrons. The molecule has 1 saturated carbocycles. The van der Waals surface area contributed by atoms with Crippen LogP contribution < -0.4 is 10.1 Å². The van der Waals surface area contributed by atoms with Crippen LogP contribution in [0, 0.1) is 5.41 Å². The second-order valence-electron chi connectivity index (χ2n) is 7.28. The quantitative estimate of drug-likeness (QED) is 0.894. The van der Waals surface area contributed by atoms with Gasteiger partial charge in [-0.25, -0.2) is 0 Å². The van der Waals surface area contributed by atoms with Gasteiger partial charge in [-0.1, -0.05) is 46.8 Å². The molecule has 0 heterocycles. The topological polar surface area (TPSA) is 21.3 Å². The third-order valence-electron chi connectivity index (χ3n) is 4.52. The van der Waals surface area contributed by atoms with Crippen LogP contribution in [-0.2, 0) is 5.41 Å². The summed E-state index contributed by atoms with van der Waals surface area (Å²) >= 11 is 0. The van der Waals surface area contributed by atoms with E-state index >= 15 is 0 Å². The highest BCUT2D eigenvalue weighted by Crippen LogP contribution is 2.43. The van der Waals surface area contributed by atoms with Gasteiger partial charge in [0.2, 0.25) is 0 Å². The summed E-state index contributed by atoms with van der Waals surface area (Å²) in [5, 5.41) is 3.36. The number of hydrogen-bond donors (Lipinski definition) is 1. The van der Waals surface area contributed by atoms with Crippen LogP contribution in [0.5, 0.6) is 5.75 Å². The van der Waals surface area contributed by atoms with Crippen molar-refractivity contribution in [1.29, 1.82) is 0 Å². The van der Waals surface area contributed by atoms with E-state index in [0.717, 1.165) is 12.2 Å². The molecule has 1 aromatic carbocycles. The molecule has 19 heavy (non-hydrogen) atoms. The summed E-state index contributed by atoms with van der Waals surface area (Å²) in [4.78, 5) is 0. The zero-order valence-corrected chi connectivity index (χ0v) is 13.1. The van der Waals surface area contributed by atoms with E-state index in [0.29, 0.717) is 12.1 Å². The Labute approximate surface area is 117 Å². The fourth-order valence-electron chi connectivity index (χ4n) is 2.77. The number of rotatable bonds is 3. The van der Waals surface area contributed by atoms with E-state index in [1.54, 1.807) is 0 Å². The first kappa shape index (κ1) is 14.4. The molecule has 1 aliphatic carbocycles. The number of benzene rings is 1. The first-order valence-corrected chi connectivity index (χ1v) is 7.19. The van der Waals surface area contributed by atoms with E-state index in [1.807, 2.05) is 7.05 Å². The predicted molar refractivity (Wildman–Crippen MR) is 80.8 cm³/mol. The summed E-state index contributed by atoms with van der Waals surface area (Å²) in [6, 6.07) is 9.12. The summed E-state index contributed by atoms with van der Waals surface area (Å²) < 4.78 is 6.13. The van der Waals surface area contributed by atoms with Gasteiger partial charge in [-0.05, 0) is 30.2 Å². The van der Waals surface area contributed by atoms with Crippen LogP contribution in [0.25, 0.3) is 0 Å². The molecule has 2 unspecified atom stereocenters. The van der Waals surface area contributed by atoms with Gasteiger partial charge >= 0.3 is 0 Å². The lowest BCUT2D eigenvalue weighted by Crippen LogP contribution is -2.61. The van der Waals surface area contributed by atoms with Crippen LogP contribution in [0.4, 0.5) is 0 Å². The molecule has 2 heteroatoms. The highest BCUT2D eigenvalue weighted by Gasteiger charge is 2.49. The molecule has 0 amide bonds. The van der Waals surface area contributed by atoms with E-state index in [-0.39, 0.29) is 10.8 Å². The zero-order valence-electron chi connectivity index (χ0n) is 13.1. The third-order valence-corrected chi connectivity index (χ3v) is 4.52. The molecule has 1 N–H and O–H groups in total. The Morgan fingerprint density at radius 1 is 1.16 bits per heavy atom. The van der Waals surface area contributed by atoms with E-state index in [4.69, 9.17) is 4.74 Å². The molecule has 2 rings (SSSR count). The Balaban J connectivity index is 2.02. The highest BCUT2D eigenvalue weighted by atomic mass is 16.5. The molecule has 0 bridgehead atoms. The Morgan fingerprint density at radius 3 is 2.16 bits per heavy atom. The van der Waals surface area contributed by atoms with Crippen LogP contribution in [0.15, 0.2) is 24.3 Å². The van der Waals surface area contributed by atoms with Crippen LogP contribution in [-0.4, -0.2) is 19.2 Å². The first-order valence-electron chi connectivity index (χ1n) is 7.19. The smallest absolute Gasteiger partial charge is 0.119 e. The second-order valence-corrected chi connectivity index (χ2v) is 7.28. The Kier molecular flexibility index (Phi) is 3.65. The minimum Gasteiger partial charge on any atom is -0.490 e. The molecule has 1 aromatic rings. The van der Waals surface area contributed by atoms with Crippen molar-refractivity contribution >= 4 is 0 Å². The summed E-state index contributed by atoms with van der Waals surface area (Å²) in [5.74, 6) is 0.987. The van der Waals surface area contributed by atoms with Crippen LogP contribution in [0.1, 0.15) is 46.6 Å². The van der Waals surface area contributed by atoms with E-state index in [1.165, 1.54) is 5.56 Å². The van der Waals surface area contributed by atoms with Crippen molar-refractivity contribution in [3.8, 4) is 5.75 Å². The van der Waals surface area contributed by atoms with Gasteiger partial charge in [0, 0.05) is 17.9 Å². The number of hydrogen-bond acceptors (Lipinski definition) is 2. The van der Waals surface area contributed by atoms with Crippen molar-refractivity contribution in [2.75, 3.05) is 7.05 Å². The van der Waals surface area contributed by atoms with Crippen molar-refractivity contribution in [2.24, 2.45) is 5.41 Å². The van der Waals surface area contributed by atoms with Gasteiger partial charge in [0.15, 0.2) is 0 Å². The highest BCUT2D eigenvalue weighted by molar-refractivity contribution is 5.31. The molecule has 1 aliphatic rings. The van der Waals surface area contributed by atoms with Crippen molar-refractivity contribution < 1.29 is 4.74 Å². The fraction of sp³-hybridized carbons (Fsp3) is 0.647. The normalized spacial score (nSPS) is 25.8. The summed E-state index contributed by atoms with van der Waals surface area (Å²) in [5.41, 5.74) is 1.75. The zero-order chi connectivity index (χ0) is 14.3. The summed E-state index contributed by atoms with van der Waals surface area (Å²) in [7, 11) is 2.03. The van der Waals surface area contributed by atoms with Crippen molar-refractivity contribution in [3.05, 3.63) is 29.8 Å². The molecule has 2 nitrogen and oxygen atoms in total. The Hall–Kier alpha value is -1.02. The van der Waals surface area contributed by atoms with Gasteiger partial charge in [-0.3, -0.25) is 0 Å². The Bertz CT molecular complexity index is 428. The molecule has 1 fully saturated rings. The molecular weight excluding hydrogens is 234 g/mol. The molecule has 2 atom stereocenters. The van der Waals surface area contributed by atoms with Crippen LogP contribution in [0.3, 0.4) is 0 Å². The average Bonchev–Trinajstić information content (AvgIpc) is 2.33. The minimum atomic E-state index is 0.200. The van der Waals surface area contributed by atoms with Crippen LogP contribution in [0.2, 0.25) is 0 Å². The van der Waals surface area contributed by atoms with E-state index in [9.17, 15) is 0 Å². The third kappa shape index (κ3) is 2.79. The van der Waals surface area contributed by atoms with Crippen molar-refractivity contribution in [2.45, 2.75) is 58.6 Å². The van der Waals surface area contributed by atoms with Crippen molar-refractivity contribution in [1.82, 2.24) is 5.32 Å². The lowest BCUT2D eigenvalue weighted by atomic mass is 9.64. The monoisotopic (exact) mass is 261 g/mol. The van der Waals surface area contributed by atoms with Crippen LogP contribution >= 0.6 is 0 Å². The molecule has 106 valence electrons. The number of ether oxygens (including phenoxy) is 1. The maximum absolute atomic E-state index is 6.13. The fourth-order valence-corrected chi connectivity index (χ4v) is 2.77. The summed E-state index contributed by atoms with van der Waals surface area (Å²) in [6.07, 6.45) is 1.40. The standard InChI is InChI=1S/C17H27NO/c1-16(2,3)12-7-9-13(10-8-12)19-15-11-14(18-6)17(15,4)5/h7-10,14-15,18H,11H2,1-6H3. The van der Waals surface area contributed by atoms with Gasteiger partial charge in [0.1, 0.15) is 11.9 Å². The van der Waals surface area contributed by atoms with Gasteiger partial charge in [0.25, 0.3) is 0 Å². The molecular formula is C17H27NO. The lowest BCUT2D eigenvalue weighted by Gasteiger charge is -2.51. The predicted octanol–water partition coefficient (Wildman–Crippen LogP) is 3.75. The molecule has 0 saturated heterocycles. The molecule has 0 aromatic heterocycles. The maximum Gasteiger partial charge on any atom is 0.119 e. The Morgan fingerprint density at radius 2 is 1.74 bits per heavy atom. The number of nitrogens with one attached hydrogen (secondary N) is 1. The minimum absolute atomic E-state index is 0.200. The second kappa shape index (κ2) is 4.82. The van der Waals surface area contributed by atoms with E-state index in [2.05, 4.69) is 64.2 Å². The largest absolute Gasteiger partial charge is 0.490 e. The van der Waals surface area contributed by atoms with Gasteiger partial charge in [-0.2, -0.15) is 0 Å². The maximum atomic E-state index is 6.13. The molecule has 0 spiro atoms. The molecule has 0 aliphatic heterocycles. The van der Waals surface area contributed by atoms with Gasteiger partial charge < -0.3 is 10.1 Å². The van der Waals surface area contributed by atoms with Gasteiger partial charge in [0.05, 0.1) is 0 Å².